The topological polar surface area (TPSA) is 82.0 Å². The molecule has 3 aromatic rings. The molecule has 27 heavy (non-hydrogen) atoms. The van der Waals surface area contributed by atoms with E-state index < -0.39 is 17.6 Å². The minimum absolute atomic E-state index is 0.180. The molecule has 132 valence electrons. The first-order valence-corrected chi connectivity index (χ1v) is 8.05. The summed E-state index contributed by atoms with van der Waals surface area (Å²) in [6.45, 7) is 0. The molecule has 0 aliphatic carbocycles. The van der Waals surface area contributed by atoms with Crippen molar-refractivity contribution in [1.29, 1.82) is 5.26 Å². The van der Waals surface area contributed by atoms with Crippen LogP contribution in [0.1, 0.15) is 26.3 Å². The molecule has 0 heterocycles. The molecule has 3 rings (SSSR count). The van der Waals surface area contributed by atoms with E-state index in [4.69, 9.17) is 0 Å². The average Bonchev–Trinajstić information content (AvgIpc) is 2.72. The second-order valence-electron chi connectivity index (χ2n) is 5.59. The highest BCUT2D eigenvalue weighted by Crippen LogP contribution is 2.26. The molecular formula is C21H14FN3O2. The van der Waals surface area contributed by atoms with Gasteiger partial charge >= 0.3 is 0 Å². The van der Waals surface area contributed by atoms with Crippen molar-refractivity contribution in [1.82, 2.24) is 10.9 Å². The predicted molar refractivity (Wildman–Crippen MR) is 97.9 cm³/mol. The lowest BCUT2D eigenvalue weighted by molar-refractivity contribution is 0.0844. The van der Waals surface area contributed by atoms with E-state index in [1.165, 1.54) is 18.2 Å². The van der Waals surface area contributed by atoms with Gasteiger partial charge in [-0.15, -0.1) is 0 Å². The van der Waals surface area contributed by atoms with Gasteiger partial charge in [0.05, 0.1) is 17.2 Å². The Morgan fingerprint density at radius 2 is 1.26 bits per heavy atom. The van der Waals surface area contributed by atoms with Crippen molar-refractivity contribution in [3.63, 3.8) is 0 Å². The quantitative estimate of drug-likeness (QED) is 0.703. The molecule has 0 aliphatic heterocycles. The number of benzene rings is 3. The third kappa shape index (κ3) is 3.83. The summed E-state index contributed by atoms with van der Waals surface area (Å²) in [6, 6.07) is 21.2. The number of rotatable bonds is 3. The summed E-state index contributed by atoms with van der Waals surface area (Å²) in [5.41, 5.74) is 6.15. The second kappa shape index (κ2) is 7.93. The Kier molecular flexibility index (Phi) is 5.24. The molecule has 2 N–H and O–H groups in total. The zero-order chi connectivity index (χ0) is 19.2. The fraction of sp³-hybridized carbons (Fsp3) is 0. The van der Waals surface area contributed by atoms with Crippen LogP contribution in [0.25, 0.3) is 11.1 Å². The second-order valence-corrected chi connectivity index (χ2v) is 5.59. The number of hydrogen-bond acceptors (Lipinski definition) is 3. The zero-order valence-corrected chi connectivity index (χ0v) is 14.1. The molecule has 6 heteroatoms. The van der Waals surface area contributed by atoms with E-state index >= 15 is 0 Å². The number of hydrogen-bond donors (Lipinski definition) is 2. The van der Waals surface area contributed by atoms with Gasteiger partial charge in [-0.25, -0.2) is 4.39 Å². The van der Waals surface area contributed by atoms with Crippen molar-refractivity contribution in [2.24, 2.45) is 0 Å². The first-order valence-electron chi connectivity index (χ1n) is 8.05. The number of nitriles is 1. The van der Waals surface area contributed by atoms with E-state index in [2.05, 4.69) is 16.9 Å². The Morgan fingerprint density at radius 3 is 1.93 bits per heavy atom. The maximum Gasteiger partial charge on any atom is 0.272 e. The highest BCUT2D eigenvalue weighted by Gasteiger charge is 2.16. The number of hydrazine groups is 1. The van der Waals surface area contributed by atoms with E-state index in [1.54, 1.807) is 48.5 Å². The standard InChI is InChI=1S/C21H14FN3O2/c22-19-12-6-5-11-18(19)21(27)25-24-20(26)17-10-4-3-9-16(17)15-8-2-1-7-14(15)13-23/h1-12H,(H,24,26)(H,25,27). The summed E-state index contributed by atoms with van der Waals surface area (Å²) in [6.07, 6.45) is 0. The predicted octanol–water partition coefficient (Wildman–Crippen LogP) is 3.44. The van der Waals surface area contributed by atoms with Crippen molar-refractivity contribution in [3.8, 4) is 17.2 Å². The minimum atomic E-state index is -0.767. The lowest BCUT2D eigenvalue weighted by Gasteiger charge is -2.12. The van der Waals surface area contributed by atoms with Gasteiger partial charge in [0.1, 0.15) is 5.82 Å². The SMILES string of the molecule is N#Cc1ccccc1-c1ccccc1C(=O)NNC(=O)c1ccccc1F. The molecule has 0 spiro atoms. The lowest BCUT2D eigenvalue weighted by atomic mass is 9.95. The third-order valence-electron chi connectivity index (χ3n) is 3.92. The van der Waals surface area contributed by atoms with Crippen LogP contribution >= 0.6 is 0 Å². The van der Waals surface area contributed by atoms with Gasteiger partial charge in [-0.3, -0.25) is 20.4 Å². The van der Waals surface area contributed by atoms with Gasteiger partial charge in [0, 0.05) is 11.1 Å². The number of amides is 2. The number of carbonyl (C=O) groups excluding carboxylic acids is 2. The van der Waals surface area contributed by atoms with Crippen LogP contribution in [0.3, 0.4) is 0 Å². The molecule has 5 nitrogen and oxygen atoms in total. The van der Waals surface area contributed by atoms with Crippen LogP contribution in [0.15, 0.2) is 72.8 Å². The number of nitrogens with one attached hydrogen (secondary N) is 2. The van der Waals surface area contributed by atoms with Crippen molar-refractivity contribution < 1.29 is 14.0 Å². The summed E-state index contributed by atoms with van der Waals surface area (Å²) < 4.78 is 13.7. The summed E-state index contributed by atoms with van der Waals surface area (Å²) in [7, 11) is 0. The normalized spacial score (nSPS) is 9.93. The summed E-state index contributed by atoms with van der Waals surface area (Å²) in [5.74, 6) is -2.04. The van der Waals surface area contributed by atoms with Crippen LogP contribution < -0.4 is 10.9 Å². The Morgan fingerprint density at radius 1 is 0.741 bits per heavy atom. The van der Waals surface area contributed by atoms with Crippen molar-refractivity contribution in [2.45, 2.75) is 0 Å². The maximum absolute atomic E-state index is 13.7. The first kappa shape index (κ1) is 17.8. The van der Waals surface area contributed by atoms with Gasteiger partial charge in [0.2, 0.25) is 0 Å². The Hall–Kier alpha value is -3.98. The van der Waals surface area contributed by atoms with Crippen LogP contribution in [0.5, 0.6) is 0 Å². The molecule has 0 radical (unpaired) electrons. The lowest BCUT2D eigenvalue weighted by Crippen LogP contribution is -2.42. The maximum atomic E-state index is 13.7. The summed E-state index contributed by atoms with van der Waals surface area (Å²) >= 11 is 0. The van der Waals surface area contributed by atoms with Gasteiger partial charge < -0.3 is 0 Å². The van der Waals surface area contributed by atoms with E-state index in [1.807, 2.05) is 0 Å². The summed E-state index contributed by atoms with van der Waals surface area (Å²) in [4.78, 5) is 24.6. The van der Waals surface area contributed by atoms with Gasteiger partial charge in [0.15, 0.2) is 0 Å². The smallest absolute Gasteiger partial charge is 0.267 e. The Labute approximate surface area is 155 Å². The van der Waals surface area contributed by atoms with Gasteiger partial charge in [-0.2, -0.15) is 5.26 Å². The van der Waals surface area contributed by atoms with Crippen LogP contribution in [-0.2, 0) is 0 Å². The molecule has 2 amide bonds. The average molecular weight is 359 g/mol. The molecule has 0 unspecified atom stereocenters. The first-order chi connectivity index (χ1) is 13.1. The molecule has 0 aromatic heterocycles. The summed E-state index contributed by atoms with van der Waals surface area (Å²) in [5, 5.41) is 9.29. The Balaban J connectivity index is 1.83. The molecular weight excluding hydrogens is 345 g/mol. The molecule has 0 saturated carbocycles. The van der Waals surface area contributed by atoms with E-state index in [9.17, 15) is 19.2 Å². The zero-order valence-electron chi connectivity index (χ0n) is 14.1. The fourth-order valence-electron chi connectivity index (χ4n) is 2.63. The number of halogens is 1. The van der Waals surface area contributed by atoms with E-state index in [-0.39, 0.29) is 11.1 Å². The van der Waals surface area contributed by atoms with Crippen LogP contribution in [0, 0.1) is 17.1 Å². The highest BCUT2D eigenvalue weighted by atomic mass is 19.1. The van der Waals surface area contributed by atoms with Crippen LogP contribution in [0.4, 0.5) is 4.39 Å². The van der Waals surface area contributed by atoms with Crippen molar-refractivity contribution >= 4 is 11.8 Å². The Bertz CT molecular complexity index is 1060. The van der Waals surface area contributed by atoms with Crippen LogP contribution in [0.2, 0.25) is 0 Å². The van der Waals surface area contributed by atoms with Crippen molar-refractivity contribution in [3.05, 3.63) is 95.3 Å². The third-order valence-corrected chi connectivity index (χ3v) is 3.92. The monoisotopic (exact) mass is 359 g/mol. The van der Waals surface area contributed by atoms with Gasteiger partial charge in [-0.1, -0.05) is 48.5 Å². The van der Waals surface area contributed by atoms with Gasteiger partial charge in [-0.05, 0) is 29.8 Å². The number of carbonyl (C=O) groups is 2. The molecule has 0 atom stereocenters. The highest BCUT2D eigenvalue weighted by molar-refractivity contribution is 6.03. The molecule has 0 saturated heterocycles. The number of nitrogens with zero attached hydrogens (tertiary/aromatic N) is 1. The fourth-order valence-corrected chi connectivity index (χ4v) is 2.63. The van der Waals surface area contributed by atoms with E-state index in [0.717, 1.165) is 6.07 Å². The molecule has 0 fully saturated rings. The molecule has 3 aromatic carbocycles. The van der Waals surface area contributed by atoms with Crippen LogP contribution in [-0.4, -0.2) is 11.8 Å². The van der Waals surface area contributed by atoms with Gasteiger partial charge in [0.25, 0.3) is 11.8 Å². The largest absolute Gasteiger partial charge is 0.272 e. The molecule has 0 bridgehead atoms. The minimum Gasteiger partial charge on any atom is -0.267 e. The van der Waals surface area contributed by atoms with Crippen molar-refractivity contribution in [2.75, 3.05) is 0 Å². The van der Waals surface area contributed by atoms with E-state index in [0.29, 0.717) is 16.7 Å². The molecule has 0 aliphatic rings.